The fraction of sp³-hybridized carbons (Fsp3) is 0. The Morgan fingerprint density at radius 2 is 0.612 bits per heavy atom. The summed E-state index contributed by atoms with van der Waals surface area (Å²) in [7, 11) is -0.723. The molecule has 2 aromatic heterocycles. The maximum Gasteiger partial charge on any atom is 0.182 e. The zero-order valence-corrected chi connectivity index (χ0v) is 27.4. The van der Waals surface area contributed by atoms with Crippen LogP contribution in [0.2, 0.25) is 0 Å². The fourth-order valence-electron chi connectivity index (χ4n) is 5.73. The summed E-state index contributed by atoms with van der Waals surface area (Å²) in [6, 6.07) is 62.3. The summed E-state index contributed by atoms with van der Waals surface area (Å²) >= 11 is 0. The molecule has 5 nitrogen and oxygen atoms in total. The molecule has 0 spiro atoms. The number of hydrogen-bond acceptors (Lipinski definition) is 5. The van der Waals surface area contributed by atoms with Gasteiger partial charge < -0.3 is 0 Å². The highest BCUT2D eigenvalue weighted by Crippen LogP contribution is 2.34. The van der Waals surface area contributed by atoms with Gasteiger partial charge in [-0.3, -0.25) is 0 Å². The van der Waals surface area contributed by atoms with E-state index in [1.54, 1.807) is 0 Å². The Balaban J connectivity index is 1.26. The van der Waals surface area contributed by atoms with Gasteiger partial charge in [0.05, 0.1) is 5.69 Å². The lowest BCUT2D eigenvalue weighted by Gasteiger charge is -2.19. The van der Waals surface area contributed by atoms with Crippen LogP contribution in [0.15, 0.2) is 182 Å². The number of aromatic nitrogens is 5. The second-order valence-corrected chi connectivity index (χ2v) is 13.6. The molecule has 0 radical (unpaired) electrons. The van der Waals surface area contributed by atoms with Crippen LogP contribution in [-0.4, -0.2) is 24.9 Å². The molecule has 0 bridgehead atoms. The maximum absolute atomic E-state index is 5.07. The third kappa shape index (κ3) is 6.66. The van der Waals surface area contributed by atoms with Crippen LogP contribution in [0.3, 0.4) is 0 Å². The first-order valence-corrected chi connectivity index (χ1v) is 17.5. The van der Waals surface area contributed by atoms with E-state index in [1.807, 2.05) is 97.1 Å². The molecule has 8 aromatic rings. The Morgan fingerprint density at radius 1 is 0.265 bits per heavy atom. The predicted molar refractivity (Wildman–Crippen MR) is 201 cm³/mol. The molecule has 6 heteroatoms. The van der Waals surface area contributed by atoms with Gasteiger partial charge in [-0.05, 0) is 29.9 Å². The lowest BCUT2D eigenvalue weighted by Crippen LogP contribution is -2.20. The first-order chi connectivity index (χ1) is 24.3. The topological polar surface area (TPSA) is 64.5 Å². The Bertz CT molecular complexity index is 2200. The average molecular weight is 648 g/mol. The van der Waals surface area contributed by atoms with Gasteiger partial charge in [0.25, 0.3) is 0 Å². The van der Waals surface area contributed by atoms with E-state index in [9.17, 15) is 0 Å². The number of hydrogen-bond donors (Lipinski definition) is 0. The van der Waals surface area contributed by atoms with E-state index >= 15 is 0 Å². The summed E-state index contributed by atoms with van der Waals surface area (Å²) in [6.45, 7) is 0. The van der Waals surface area contributed by atoms with Gasteiger partial charge in [-0.15, -0.1) is 0 Å². The highest BCUT2D eigenvalue weighted by molar-refractivity contribution is 7.79. The zero-order valence-electron chi connectivity index (χ0n) is 26.5. The molecule has 49 heavy (non-hydrogen) atoms. The molecule has 0 aliphatic heterocycles. The van der Waals surface area contributed by atoms with Gasteiger partial charge in [0.1, 0.15) is 5.69 Å². The van der Waals surface area contributed by atoms with Crippen LogP contribution in [-0.2, 0) is 0 Å². The van der Waals surface area contributed by atoms with Crippen molar-refractivity contribution in [3.05, 3.63) is 182 Å². The Morgan fingerprint density at radius 3 is 1.06 bits per heavy atom. The molecule has 6 aromatic carbocycles. The lowest BCUT2D eigenvalue weighted by atomic mass is 10.1. The van der Waals surface area contributed by atoms with Crippen LogP contribution in [0.4, 0.5) is 0 Å². The van der Waals surface area contributed by atoms with Gasteiger partial charge in [-0.2, -0.15) is 0 Å². The van der Waals surface area contributed by atoms with E-state index in [1.165, 1.54) is 15.9 Å². The highest BCUT2D eigenvalue weighted by atomic mass is 31.1. The number of benzene rings is 6. The van der Waals surface area contributed by atoms with Crippen molar-refractivity contribution in [2.45, 2.75) is 0 Å². The first kappa shape index (κ1) is 30.2. The van der Waals surface area contributed by atoms with E-state index < -0.39 is 7.92 Å². The largest absolute Gasteiger partial charge is 0.228 e. The molecule has 0 fully saturated rings. The van der Waals surface area contributed by atoms with Crippen molar-refractivity contribution >= 4 is 23.8 Å². The predicted octanol–water partition coefficient (Wildman–Crippen LogP) is 8.75. The van der Waals surface area contributed by atoms with Gasteiger partial charge in [-0.1, -0.05) is 176 Å². The summed E-state index contributed by atoms with van der Waals surface area (Å²) in [5, 5.41) is 3.89. The molecular formula is C43H30N5P. The maximum atomic E-state index is 5.07. The molecule has 0 atom stereocenters. The third-order valence-corrected chi connectivity index (χ3v) is 10.6. The Kier molecular flexibility index (Phi) is 8.57. The van der Waals surface area contributed by atoms with Crippen molar-refractivity contribution in [3.63, 3.8) is 0 Å². The smallest absolute Gasteiger partial charge is 0.182 e. The van der Waals surface area contributed by atoms with Crippen LogP contribution in [0.25, 0.3) is 56.9 Å². The van der Waals surface area contributed by atoms with Gasteiger partial charge in [-0.25, -0.2) is 24.9 Å². The normalized spacial score (nSPS) is 11.0. The summed E-state index contributed by atoms with van der Waals surface area (Å²) in [5.74, 6) is 2.27. The molecule has 0 N–H and O–H groups in total. The molecule has 0 unspecified atom stereocenters. The second kappa shape index (κ2) is 13.9. The molecule has 8 rings (SSSR count). The standard InChI is InChI=1S/C43H30N5P/c1-6-16-32(17-7-1)40-44-38(31-26-28-37(29-27-31)49(35-22-12-4-13-23-35)36-24-14-5-15-25-36)30-39(45-40)43-47-41(33-18-8-2-9-19-33)46-42(48-43)34-20-10-3-11-21-34/h1-30H. The van der Waals surface area contributed by atoms with Crippen LogP contribution in [0.5, 0.6) is 0 Å². The van der Waals surface area contributed by atoms with Gasteiger partial charge >= 0.3 is 0 Å². The molecule has 0 aliphatic carbocycles. The van der Waals surface area contributed by atoms with Crippen LogP contribution >= 0.6 is 7.92 Å². The molecule has 2 heterocycles. The van der Waals surface area contributed by atoms with Crippen molar-refractivity contribution in [3.8, 4) is 56.9 Å². The van der Waals surface area contributed by atoms with Gasteiger partial charge in [0.2, 0.25) is 0 Å². The molecule has 0 saturated carbocycles. The molecule has 0 saturated heterocycles. The molecule has 232 valence electrons. The minimum atomic E-state index is -0.723. The lowest BCUT2D eigenvalue weighted by molar-refractivity contribution is 1.05. The number of nitrogens with zero attached hydrogens (tertiary/aromatic N) is 5. The van der Waals surface area contributed by atoms with E-state index in [4.69, 9.17) is 24.9 Å². The molecular weight excluding hydrogens is 617 g/mol. The van der Waals surface area contributed by atoms with Crippen molar-refractivity contribution in [1.82, 2.24) is 24.9 Å². The second-order valence-electron chi connectivity index (χ2n) is 11.4. The Labute approximate surface area is 286 Å². The van der Waals surface area contributed by atoms with E-state index in [2.05, 4.69) is 84.9 Å². The SMILES string of the molecule is c1ccc(-c2nc(-c3ccc(P(c4ccccc4)c4ccccc4)cc3)cc(-c3nc(-c4ccccc4)nc(-c4ccccc4)n3)n2)cc1. The highest BCUT2D eigenvalue weighted by Gasteiger charge is 2.19. The average Bonchev–Trinajstić information content (AvgIpc) is 3.20. The van der Waals surface area contributed by atoms with Gasteiger partial charge in [0, 0.05) is 22.3 Å². The summed E-state index contributed by atoms with van der Waals surface area (Å²) < 4.78 is 0. The zero-order chi connectivity index (χ0) is 32.8. The van der Waals surface area contributed by atoms with Gasteiger partial charge in [0.15, 0.2) is 23.3 Å². The monoisotopic (exact) mass is 647 g/mol. The quantitative estimate of drug-likeness (QED) is 0.154. The molecule has 0 amide bonds. The van der Waals surface area contributed by atoms with Crippen molar-refractivity contribution in [2.24, 2.45) is 0 Å². The van der Waals surface area contributed by atoms with E-state index in [-0.39, 0.29) is 0 Å². The van der Waals surface area contributed by atoms with Crippen LogP contribution < -0.4 is 15.9 Å². The Hall–Kier alpha value is -6.16. The number of rotatable bonds is 8. The third-order valence-electron chi connectivity index (χ3n) is 8.14. The minimum absolute atomic E-state index is 0.488. The van der Waals surface area contributed by atoms with Crippen molar-refractivity contribution in [1.29, 1.82) is 0 Å². The first-order valence-electron chi connectivity index (χ1n) is 16.1. The molecule has 0 aliphatic rings. The van der Waals surface area contributed by atoms with Crippen LogP contribution in [0.1, 0.15) is 0 Å². The minimum Gasteiger partial charge on any atom is -0.228 e. The fourth-order valence-corrected chi connectivity index (χ4v) is 8.01. The summed E-state index contributed by atoms with van der Waals surface area (Å²) in [6.07, 6.45) is 0. The van der Waals surface area contributed by atoms with Crippen molar-refractivity contribution in [2.75, 3.05) is 0 Å². The summed E-state index contributed by atoms with van der Waals surface area (Å²) in [5.41, 5.74) is 5.14. The van der Waals surface area contributed by atoms with Crippen LogP contribution in [0, 0.1) is 0 Å². The van der Waals surface area contributed by atoms with Crippen molar-refractivity contribution < 1.29 is 0 Å². The summed E-state index contributed by atoms with van der Waals surface area (Å²) in [4.78, 5) is 24.9. The van der Waals surface area contributed by atoms with E-state index in [0.29, 0.717) is 29.0 Å². The van der Waals surface area contributed by atoms with E-state index in [0.717, 1.165) is 27.9 Å².